The molecule has 104 valence electrons. The van der Waals surface area contributed by atoms with Crippen LogP contribution in [0, 0.1) is 0 Å². The van der Waals surface area contributed by atoms with Crippen molar-refractivity contribution < 1.29 is 9.59 Å². The van der Waals surface area contributed by atoms with Crippen LogP contribution in [0.5, 0.6) is 0 Å². The lowest BCUT2D eigenvalue weighted by Crippen LogP contribution is -2.48. The van der Waals surface area contributed by atoms with E-state index in [2.05, 4.69) is 10.2 Å². The molecule has 1 aliphatic rings. The molecule has 6 heteroatoms. The highest BCUT2D eigenvalue weighted by Crippen LogP contribution is 2.01. The van der Waals surface area contributed by atoms with E-state index in [0.29, 0.717) is 32.6 Å². The Morgan fingerprint density at radius 3 is 2.44 bits per heavy atom. The van der Waals surface area contributed by atoms with Crippen molar-refractivity contribution in [3.05, 3.63) is 0 Å². The van der Waals surface area contributed by atoms with E-state index in [-0.39, 0.29) is 5.91 Å². The Kier molecular flexibility index (Phi) is 6.67. The summed E-state index contributed by atoms with van der Waals surface area (Å²) in [7, 11) is 4.05. The zero-order chi connectivity index (χ0) is 13.4. The number of piperazine rings is 1. The molecule has 1 aliphatic heterocycles. The van der Waals surface area contributed by atoms with Crippen molar-refractivity contribution in [1.82, 2.24) is 20.0 Å². The van der Waals surface area contributed by atoms with Crippen LogP contribution >= 0.6 is 0 Å². The van der Waals surface area contributed by atoms with E-state index in [1.807, 2.05) is 19.0 Å². The molecule has 1 fully saturated rings. The number of nitrogens with one attached hydrogen (secondary N) is 1. The van der Waals surface area contributed by atoms with E-state index in [4.69, 9.17) is 0 Å². The first-order chi connectivity index (χ1) is 8.63. The Bertz CT molecular complexity index is 263. The molecule has 1 heterocycles. The summed E-state index contributed by atoms with van der Waals surface area (Å²) in [6.45, 7) is 5.24. The van der Waals surface area contributed by atoms with Crippen LogP contribution in [0.2, 0.25) is 0 Å². The summed E-state index contributed by atoms with van der Waals surface area (Å²) < 4.78 is 0. The van der Waals surface area contributed by atoms with Crippen LogP contribution in [0.25, 0.3) is 0 Å². The molecule has 0 aliphatic carbocycles. The number of amides is 2. The van der Waals surface area contributed by atoms with Crippen LogP contribution < -0.4 is 5.32 Å². The van der Waals surface area contributed by atoms with Gasteiger partial charge in [0.1, 0.15) is 0 Å². The van der Waals surface area contributed by atoms with Gasteiger partial charge in [0, 0.05) is 52.2 Å². The van der Waals surface area contributed by atoms with Gasteiger partial charge >= 0.3 is 0 Å². The van der Waals surface area contributed by atoms with Crippen LogP contribution in [0.1, 0.15) is 6.42 Å². The van der Waals surface area contributed by atoms with Gasteiger partial charge in [0.25, 0.3) is 0 Å². The van der Waals surface area contributed by atoms with Gasteiger partial charge in [-0.05, 0) is 14.1 Å². The molecule has 0 saturated carbocycles. The second-order valence-electron chi connectivity index (χ2n) is 4.83. The first kappa shape index (κ1) is 14.9. The molecule has 1 rings (SSSR count). The maximum atomic E-state index is 11.9. The van der Waals surface area contributed by atoms with E-state index in [1.165, 1.54) is 0 Å². The van der Waals surface area contributed by atoms with Gasteiger partial charge in [-0.25, -0.2) is 0 Å². The standard InChI is InChI=1S/C12H24N4O2/c1-14(2)6-5-13-4-3-12(18)16-9-7-15(11-17)8-10-16/h11,13H,3-10H2,1-2H3. The minimum Gasteiger partial charge on any atom is -0.342 e. The molecule has 0 radical (unpaired) electrons. The molecule has 6 nitrogen and oxygen atoms in total. The topological polar surface area (TPSA) is 55.9 Å². The number of carbonyl (C=O) groups excluding carboxylic acids is 2. The lowest BCUT2D eigenvalue weighted by molar-refractivity contribution is -0.135. The SMILES string of the molecule is CN(C)CCNCCC(=O)N1CCN(C=O)CC1. The van der Waals surface area contributed by atoms with Crippen LogP contribution in [0.3, 0.4) is 0 Å². The Labute approximate surface area is 109 Å². The quantitative estimate of drug-likeness (QED) is 0.460. The Hall–Kier alpha value is -1.14. The van der Waals surface area contributed by atoms with Crippen molar-refractivity contribution in [2.75, 3.05) is 59.9 Å². The Morgan fingerprint density at radius 2 is 1.89 bits per heavy atom. The zero-order valence-corrected chi connectivity index (χ0v) is 11.4. The molecule has 18 heavy (non-hydrogen) atoms. The van der Waals surface area contributed by atoms with Crippen LogP contribution in [0.15, 0.2) is 0 Å². The first-order valence-corrected chi connectivity index (χ1v) is 6.46. The first-order valence-electron chi connectivity index (χ1n) is 6.46. The fourth-order valence-electron chi connectivity index (χ4n) is 1.86. The summed E-state index contributed by atoms with van der Waals surface area (Å²) in [4.78, 5) is 28.1. The summed E-state index contributed by atoms with van der Waals surface area (Å²) in [5.74, 6) is 0.179. The smallest absolute Gasteiger partial charge is 0.223 e. The second-order valence-corrected chi connectivity index (χ2v) is 4.83. The fraction of sp³-hybridized carbons (Fsp3) is 0.833. The van der Waals surface area contributed by atoms with Gasteiger partial charge in [-0.3, -0.25) is 9.59 Å². The summed E-state index contributed by atoms with van der Waals surface area (Å²) in [6.07, 6.45) is 1.39. The molecule has 1 N–H and O–H groups in total. The number of rotatable bonds is 7. The van der Waals surface area contributed by atoms with Crippen molar-refractivity contribution in [2.24, 2.45) is 0 Å². The van der Waals surface area contributed by atoms with Crippen molar-refractivity contribution in [3.63, 3.8) is 0 Å². The lowest BCUT2D eigenvalue weighted by atomic mass is 10.3. The maximum absolute atomic E-state index is 11.9. The van der Waals surface area contributed by atoms with Crippen LogP contribution in [0.4, 0.5) is 0 Å². The molecule has 1 saturated heterocycles. The number of hydrogen-bond donors (Lipinski definition) is 1. The minimum atomic E-state index is 0.179. The maximum Gasteiger partial charge on any atom is 0.223 e. The molecule has 0 aromatic heterocycles. The molecule has 0 spiro atoms. The Balaban J connectivity index is 2.08. The molecule has 0 aromatic carbocycles. The monoisotopic (exact) mass is 256 g/mol. The molecular weight excluding hydrogens is 232 g/mol. The number of nitrogens with zero attached hydrogens (tertiary/aromatic N) is 3. The van der Waals surface area contributed by atoms with E-state index >= 15 is 0 Å². The molecule has 0 unspecified atom stereocenters. The number of likely N-dealkylation sites (N-methyl/N-ethyl adjacent to an activating group) is 1. The van der Waals surface area contributed by atoms with E-state index in [1.54, 1.807) is 4.90 Å². The van der Waals surface area contributed by atoms with Crippen molar-refractivity contribution >= 4 is 12.3 Å². The third kappa shape index (κ3) is 5.46. The third-order valence-corrected chi connectivity index (χ3v) is 3.07. The van der Waals surface area contributed by atoms with Gasteiger partial charge in [0.15, 0.2) is 0 Å². The number of hydrogen-bond acceptors (Lipinski definition) is 4. The van der Waals surface area contributed by atoms with E-state index < -0.39 is 0 Å². The van der Waals surface area contributed by atoms with Gasteiger partial charge in [-0.1, -0.05) is 0 Å². The second kappa shape index (κ2) is 8.05. The Morgan fingerprint density at radius 1 is 1.22 bits per heavy atom. The van der Waals surface area contributed by atoms with Gasteiger partial charge in [-0.15, -0.1) is 0 Å². The van der Waals surface area contributed by atoms with Gasteiger partial charge in [-0.2, -0.15) is 0 Å². The zero-order valence-electron chi connectivity index (χ0n) is 11.4. The average Bonchev–Trinajstić information content (AvgIpc) is 2.38. The third-order valence-electron chi connectivity index (χ3n) is 3.07. The van der Waals surface area contributed by atoms with Crippen LogP contribution in [-0.4, -0.2) is 86.9 Å². The van der Waals surface area contributed by atoms with Crippen LogP contribution in [-0.2, 0) is 9.59 Å². The van der Waals surface area contributed by atoms with Crippen molar-refractivity contribution in [1.29, 1.82) is 0 Å². The highest BCUT2D eigenvalue weighted by molar-refractivity contribution is 5.76. The molecule has 0 aromatic rings. The molecule has 2 amide bonds. The van der Waals surface area contributed by atoms with Crippen molar-refractivity contribution in [3.8, 4) is 0 Å². The molecule has 0 atom stereocenters. The normalized spacial score (nSPS) is 16.2. The average molecular weight is 256 g/mol. The minimum absolute atomic E-state index is 0.179. The summed E-state index contributed by atoms with van der Waals surface area (Å²) in [5, 5.41) is 3.25. The largest absolute Gasteiger partial charge is 0.342 e. The van der Waals surface area contributed by atoms with E-state index in [9.17, 15) is 9.59 Å². The fourth-order valence-corrected chi connectivity index (χ4v) is 1.86. The van der Waals surface area contributed by atoms with Crippen molar-refractivity contribution in [2.45, 2.75) is 6.42 Å². The summed E-state index contributed by atoms with van der Waals surface area (Å²) in [6, 6.07) is 0. The number of carbonyl (C=O) groups is 2. The van der Waals surface area contributed by atoms with Gasteiger partial charge < -0.3 is 20.0 Å². The predicted molar refractivity (Wildman–Crippen MR) is 70.3 cm³/mol. The van der Waals surface area contributed by atoms with Gasteiger partial charge in [0.05, 0.1) is 0 Å². The van der Waals surface area contributed by atoms with E-state index in [0.717, 1.165) is 26.0 Å². The highest BCUT2D eigenvalue weighted by atomic mass is 16.2. The van der Waals surface area contributed by atoms with Gasteiger partial charge in [0.2, 0.25) is 12.3 Å². The summed E-state index contributed by atoms with van der Waals surface area (Å²) in [5.41, 5.74) is 0. The molecular formula is C12H24N4O2. The lowest BCUT2D eigenvalue weighted by Gasteiger charge is -2.32. The molecule has 0 bridgehead atoms. The predicted octanol–water partition coefficient (Wildman–Crippen LogP) is -1.17. The highest BCUT2D eigenvalue weighted by Gasteiger charge is 2.19. The summed E-state index contributed by atoms with van der Waals surface area (Å²) >= 11 is 0.